The molecule has 0 bridgehead atoms. The number of amides is 1. The van der Waals surface area contributed by atoms with Crippen molar-refractivity contribution in [2.45, 2.75) is 13.0 Å². The van der Waals surface area contributed by atoms with E-state index in [-0.39, 0.29) is 5.91 Å². The molecule has 2 aromatic carbocycles. The van der Waals surface area contributed by atoms with Gasteiger partial charge >= 0.3 is 0 Å². The molecule has 2 aromatic rings. The topological polar surface area (TPSA) is 46.3 Å². The first-order chi connectivity index (χ1) is 8.75. The van der Waals surface area contributed by atoms with Crippen LogP contribution < -0.4 is 10.6 Å². The van der Waals surface area contributed by atoms with Crippen molar-refractivity contribution in [3.63, 3.8) is 0 Å². The van der Waals surface area contributed by atoms with E-state index < -0.39 is 0 Å². The van der Waals surface area contributed by atoms with Gasteiger partial charge in [-0.15, -0.1) is 0 Å². The summed E-state index contributed by atoms with van der Waals surface area (Å²) >= 11 is 0. The van der Waals surface area contributed by atoms with Crippen LogP contribution >= 0.6 is 0 Å². The number of para-hydroxylation sites is 2. The number of hydrogen-bond acceptors (Lipinski definition) is 2. The fourth-order valence-corrected chi connectivity index (χ4v) is 2.34. The number of carbonyl (C=O) groups excluding carboxylic acids is 1. The molecule has 0 fully saturated rings. The summed E-state index contributed by atoms with van der Waals surface area (Å²) in [5.74, 6) is 0.138. The molecule has 0 aromatic heterocycles. The molecule has 0 aliphatic carbocycles. The zero-order chi connectivity index (χ0) is 12.5. The molecule has 1 amide bonds. The number of fused-ring (bicyclic) bond motifs is 1. The van der Waals surface area contributed by atoms with E-state index in [1.165, 1.54) is 0 Å². The minimum absolute atomic E-state index is 0.138. The van der Waals surface area contributed by atoms with Crippen molar-refractivity contribution in [2.24, 2.45) is 0 Å². The van der Waals surface area contributed by atoms with Crippen LogP contribution in [0, 0.1) is 0 Å². The van der Waals surface area contributed by atoms with Crippen LogP contribution in [-0.4, -0.2) is 5.91 Å². The maximum absolute atomic E-state index is 12.0. The second kappa shape index (κ2) is 4.18. The Morgan fingerprint density at radius 3 is 2.61 bits per heavy atom. The summed E-state index contributed by atoms with van der Waals surface area (Å²) < 4.78 is 0. The Morgan fingerprint density at radius 2 is 1.78 bits per heavy atom. The fourth-order valence-electron chi connectivity index (χ4n) is 2.34. The predicted molar refractivity (Wildman–Crippen MR) is 72.2 cm³/mol. The Bertz CT molecular complexity index is 607. The first-order valence-electron chi connectivity index (χ1n) is 5.97. The highest BCUT2D eigenvalue weighted by Gasteiger charge is 2.26. The largest absolute Gasteiger partial charge is 0.398 e. The Labute approximate surface area is 106 Å². The molecule has 0 radical (unpaired) electrons. The molecule has 0 atom stereocenters. The smallest absolute Gasteiger partial charge is 0.231 e. The zero-order valence-electron chi connectivity index (χ0n) is 9.97. The summed E-state index contributed by atoms with van der Waals surface area (Å²) in [5, 5.41) is 0. The van der Waals surface area contributed by atoms with Crippen LogP contribution in [0.15, 0.2) is 48.5 Å². The highest BCUT2D eigenvalue weighted by Crippen LogP contribution is 2.30. The molecule has 0 unspecified atom stereocenters. The van der Waals surface area contributed by atoms with Gasteiger partial charge in [-0.1, -0.05) is 36.4 Å². The molecule has 1 heterocycles. The summed E-state index contributed by atoms with van der Waals surface area (Å²) in [7, 11) is 0. The van der Waals surface area contributed by atoms with E-state index in [4.69, 9.17) is 5.73 Å². The highest BCUT2D eigenvalue weighted by atomic mass is 16.2. The van der Waals surface area contributed by atoms with Crippen LogP contribution in [0.3, 0.4) is 0 Å². The molecule has 3 rings (SSSR count). The van der Waals surface area contributed by atoms with Gasteiger partial charge < -0.3 is 10.6 Å². The van der Waals surface area contributed by atoms with Gasteiger partial charge in [-0.2, -0.15) is 0 Å². The van der Waals surface area contributed by atoms with Crippen molar-refractivity contribution in [2.75, 3.05) is 10.6 Å². The second-order valence-electron chi connectivity index (χ2n) is 4.48. The van der Waals surface area contributed by atoms with Gasteiger partial charge in [0.1, 0.15) is 0 Å². The van der Waals surface area contributed by atoms with Crippen molar-refractivity contribution in [3.8, 4) is 0 Å². The standard InChI is InChI=1S/C15H14N2O/c16-13-7-3-1-6-12(13)10-17-14-8-4-2-5-11(14)9-15(17)18/h1-8H,9-10,16H2. The normalized spacial score (nSPS) is 13.8. The number of anilines is 2. The lowest BCUT2D eigenvalue weighted by atomic mass is 10.1. The molecule has 0 saturated carbocycles. The SMILES string of the molecule is Nc1ccccc1CN1C(=O)Cc2ccccc21. The minimum Gasteiger partial charge on any atom is -0.398 e. The first-order valence-corrected chi connectivity index (χ1v) is 5.97. The monoisotopic (exact) mass is 238 g/mol. The summed E-state index contributed by atoms with van der Waals surface area (Å²) in [6.45, 7) is 0.544. The zero-order valence-corrected chi connectivity index (χ0v) is 9.97. The third-order valence-electron chi connectivity index (χ3n) is 3.31. The number of nitrogen functional groups attached to an aromatic ring is 1. The van der Waals surface area contributed by atoms with E-state index in [0.717, 1.165) is 22.5 Å². The molecular weight excluding hydrogens is 224 g/mol. The average molecular weight is 238 g/mol. The highest BCUT2D eigenvalue weighted by molar-refractivity contribution is 6.01. The lowest BCUT2D eigenvalue weighted by molar-refractivity contribution is -0.117. The lowest BCUT2D eigenvalue weighted by Gasteiger charge is -2.18. The number of benzene rings is 2. The van der Waals surface area contributed by atoms with E-state index in [9.17, 15) is 4.79 Å². The molecule has 3 nitrogen and oxygen atoms in total. The van der Waals surface area contributed by atoms with Crippen LogP contribution in [0.25, 0.3) is 0 Å². The van der Waals surface area contributed by atoms with Crippen LogP contribution in [0.4, 0.5) is 11.4 Å². The summed E-state index contributed by atoms with van der Waals surface area (Å²) in [6.07, 6.45) is 0.489. The van der Waals surface area contributed by atoms with Crippen molar-refractivity contribution >= 4 is 17.3 Å². The summed E-state index contributed by atoms with van der Waals surface area (Å²) in [5.41, 5.74) is 9.75. The third kappa shape index (κ3) is 1.74. The Morgan fingerprint density at radius 1 is 1.06 bits per heavy atom. The van der Waals surface area contributed by atoms with E-state index in [0.29, 0.717) is 13.0 Å². The van der Waals surface area contributed by atoms with Crippen molar-refractivity contribution < 1.29 is 4.79 Å². The van der Waals surface area contributed by atoms with Gasteiger partial charge in [0.25, 0.3) is 0 Å². The van der Waals surface area contributed by atoms with Gasteiger partial charge in [0.2, 0.25) is 5.91 Å². The second-order valence-corrected chi connectivity index (χ2v) is 4.48. The van der Waals surface area contributed by atoms with E-state index in [2.05, 4.69) is 0 Å². The van der Waals surface area contributed by atoms with Gasteiger partial charge in [0, 0.05) is 11.4 Å². The van der Waals surface area contributed by atoms with Gasteiger partial charge in [-0.25, -0.2) is 0 Å². The molecule has 0 spiro atoms. The summed E-state index contributed by atoms with van der Waals surface area (Å²) in [4.78, 5) is 13.8. The fraction of sp³-hybridized carbons (Fsp3) is 0.133. The number of carbonyl (C=O) groups is 1. The molecule has 1 aliphatic heterocycles. The van der Waals surface area contributed by atoms with E-state index in [1.54, 1.807) is 4.90 Å². The van der Waals surface area contributed by atoms with Gasteiger partial charge in [0.15, 0.2) is 0 Å². The summed E-state index contributed by atoms with van der Waals surface area (Å²) in [6, 6.07) is 15.6. The molecule has 1 aliphatic rings. The number of hydrogen-bond donors (Lipinski definition) is 1. The minimum atomic E-state index is 0.138. The Balaban J connectivity index is 1.94. The first kappa shape index (κ1) is 10.8. The van der Waals surface area contributed by atoms with Gasteiger partial charge in [-0.3, -0.25) is 4.79 Å². The number of rotatable bonds is 2. The molecule has 90 valence electrons. The quantitative estimate of drug-likeness (QED) is 0.816. The Hall–Kier alpha value is -2.29. The Kier molecular flexibility index (Phi) is 2.52. The third-order valence-corrected chi connectivity index (χ3v) is 3.31. The van der Waals surface area contributed by atoms with Gasteiger partial charge in [-0.05, 0) is 23.3 Å². The lowest BCUT2D eigenvalue weighted by Crippen LogP contribution is -2.26. The maximum atomic E-state index is 12.0. The van der Waals surface area contributed by atoms with Crippen molar-refractivity contribution in [3.05, 3.63) is 59.7 Å². The van der Waals surface area contributed by atoms with Crippen molar-refractivity contribution in [1.82, 2.24) is 0 Å². The van der Waals surface area contributed by atoms with Crippen LogP contribution in [0.2, 0.25) is 0 Å². The van der Waals surface area contributed by atoms with Crippen molar-refractivity contribution in [1.29, 1.82) is 0 Å². The number of nitrogens with zero attached hydrogens (tertiary/aromatic N) is 1. The maximum Gasteiger partial charge on any atom is 0.231 e. The van der Waals surface area contributed by atoms with Crippen LogP contribution in [-0.2, 0) is 17.8 Å². The molecule has 2 N–H and O–H groups in total. The van der Waals surface area contributed by atoms with Crippen LogP contribution in [0.5, 0.6) is 0 Å². The average Bonchev–Trinajstić information content (AvgIpc) is 2.69. The van der Waals surface area contributed by atoms with E-state index >= 15 is 0 Å². The number of nitrogens with two attached hydrogens (primary N) is 1. The molecule has 0 saturated heterocycles. The molecular formula is C15H14N2O. The predicted octanol–water partition coefficient (Wildman–Crippen LogP) is 2.36. The molecule has 3 heteroatoms. The van der Waals surface area contributed by atoms with Gasteiger partial charge in [0.05, 0.1) is 13.0 Å². The molecule has 18 heavy (non-hydrogen) atoms. The van der Waals surface area contributed by atoms with E-state index in [1.807, 2.05) is 48.5 Å². The van der Waals surface area contributed by atoms with Crippen LogP contribution in [0.1, 0.15) is 11.1 Å².